The Morgan fingerprint density at radius 3 is 2.38 bits per heavy atom. The summed E-state index contributed by atoms with van der Waals surface area (Å²) in [7, 11) is 2.90. The van der Waals surface area contributed by atoms with Crippen LogP contribution in [0.25, 0.3) is 11.2 Å². The lowest BCUT2D eigenvalue weighted by atomic mass is 10.1. The Labute approximate surface area is 139 Å². The maximum Gasteiger partial charge on any atom is 0.332 e. The molecule has 0 fully saturated rings. The zero-order valence-corrected chi connectivity index (χ0v) is 14.7. The first kappa shape index (κ1) is 18.4. The van der Waals surface area contributed by atoms with Crippen molar-refractivity contribution >= 4 is 11.2 Å². The van der Waals surface area contributed by atoms with E-state index in [0.29, 0.717) is 6.54 Å². The maximum absolute atomic E-state index is 12.5. The van der Waals surface area contributed by atoms with Crippen LogP contribution in [-0.2, 0) is 27.2 Å². The van der Waals surface area contributed by atoms with E-state index >= 15 is 0 Å². The van der Waals surface area contributed by atoms with E-state index in [-0.39, 0.29) is 29.1 Å². The van der Waals surface area contributed by atoms with E-state index in [1.807, 2.05) is 20.8 Å². The second kappa shape index (κ2) is 6.50. The third-order valence-corrected chi connectivity index (χ3v) is 3.83. The molecule has 2 aromatic heterocycles. The molecule has 0 aliphatic carbocycles. The molecule has 1 atom stereocenters. The van der Waals surface area contributed by atoms with Crippen LogP contribution in [0, 0.1) is 0 Å². The van der Waals surface area contributed by atoms with Gasteiger partial charge in [0.05, 0.1) is 12.6 Å². The number of hydrogen-bond acceptors (Lipinski definition) is 6. The fraction of sp³-hybridized carbons (Fsp3) is 0.667. The number of fused-ring (bicyclic) bond motifs is 1. The number of hydrogen-bond donors (Lipinski definition) is 3. The molecule has 3 N–H and O–H groups in total. The summed E-state index contributed by atoms with van der Waals surface area (Å²) in [6, 6.07) is 0. The number of imidazole rings is 1. The normalized spacial score (nSPS) is 13.6. The second-order valence-electron chi connectivity index (χ2n) is 6.96. The summed E-state index contributed by atoms with van der Waals surface area (Å²) in [5, 5.41) is 23.0. The molecule has 9 nitrogen and oxygen atoms in total. The first-order valence-corrected chi connectivity index (χ1v) is 7.76. The molecule has 2 aromatic rings. The molecule has 2 rings (SSSR count). The Morgan fingerprint density at radius 1 is 1.21 bits per heavy atom. The molecule has 9 heteroatoms. The Morgan fingerprint density at radius 2 is 1.83 bits per heavy atom. The fourth-order valence-electron chi connectivity index (χ4n) is 2.51. The zero-order valence-electron chi connectivity index (χ0n) is 14.7. The lowest BCUT2D eigenvalue weighted by molar-refractivity contribution is 0.139. The first-order valence-electron chi connectivity index (χ1n) is 7.76. The SMILES string of the molecule is Cn1c(=O)c2c(nc(CO)n2C[C@@H](O)CNC(C)(C)C)n(C)c1=O. The summed E-state index contributed by atoms with van der Waals surface area (Å²) in [6.45, 7) is 5.96. The van der Waals surface area contributed by atoms with E-state index in [2.05, 4.69) is 10.3 Å². The number of aryl methyl sites for hydroxylation is 1. The van der Waals surface area contributed by atoms with E-state index in [1.54, 1.807) is 0 Å². The summed E-state index contributed by atoms with van der Waals surface area (Å²) in [6.07, 6.45) is -0.783. The van der Waals surface area contributed by atoms with Gasteiger partial charge in [-0.2, -0.15) is 0 Å². The molecule has 0 saturated heterocycles. The molecule has 0 unspecified atom stereocenters. The average Bonchev–Trinajstić information content (AvgIpc) is 2.86. The Kier molecular flexibility index (Phi) is 4.97. The average molecular weight is 339 g/mol. The van der Waals surface area contributed by atoms with Crippen LogP contribution >= 0.6 is 0 Å². The van der Waals surface area contributed by atoms with Crippen molar-refractivity contribution in [1.29, 1.82) is 0 Å². The lowest BCUT2D eigenvalue weighted by Gasteiger charge is -2.23. The van der Waals surface area contributed by atoms with Gasteiger partial charge in [-0.25, -0.2) is 9.78 Å². The van der Waals surface area contributed by atoms with Crippen molar-refractivity contribution in [3.05, 3.63) is 26.7 Å². The molecule has 24 heavy (non-hydrogen) atoms. The van der Waals surface area contributed by atoms with Crippen molar-refractivity contribution < 1.29 is 10.2 Å². The first-order chi connectivity index (χ1) is 11.1. The molecule has 0 bridgehead atoms. The maximum atomic E-state index is 12.5. The number of nitrogens with one attached hydrogen (secondary N) is 1. The van der Waals surface area contributed by atoms with Crippen LogP contribution in [0.5, 0.6) is 0 Å². The number of aliphatic hydroxyl groups excluding tert-OH is 2. The Bertz CT molecular complexity index is 856. The van der Waals surface area contributed by atoms with Crippen LogP contribution in [0.2, 0.25) is 0 Å². The monoisotopic (exact) mass is 339 g/mol. The second-order valence-corrected chi connectivity index (χ2v) is 6.96. The number of aliphatic hydroxyl groups is 2. The minimum Gasteiger partial charge on any atom is -0.390 e. The van der Waals surface area contributed by atoms with Crippen LogP contribution in [0.4, 0.5) is 0 Å². The molecule has 0 radical (unpaired) electrons. The highest BCUT2D eigenvalue weighted by atomic mass is 16.3. The van der Waals surface area contributed by atoms with Gasteiger partial charge >= 0.3 is 5.69 Å². The standard InChI is InChI=1S/C15H25N5O4/c1-15(2,3)16-6-9(22)7-20-10(8-21)17-12-11(20)13(23)19(5)14(24)18(12)4/h9,16,21-22H,6-8H2,1-5H3/t9-/m0/s1. The molecule has 0 spiro atoms. The van der Waals surface area contributed by atoms with Crippen molar-refractivity contribution in [2.24, 2.45) is 14.1 Å². The van der Waals surface area contributed by atoms with Gasteiger partial charge < -0.3 is 20.1 Å². The van der Waals surface area contributed by atoms with Crippen molar-refractivity contribution in [3.8, 4) is 0 Å². The van der Waals surface area contributed by atoms with Crippen molar-refractivity contribution in [2.45, 2.75) is 45.6 Å². The topological polar surface area (TPSA) is 114 Å². The van der Waals surface area contributed by atoms with Gasteiger partial charge in [0.2, 0.25) is 0 Å². The van der Waals surface area contributed by atoms with Gasteiger partial charge in [0.1, 0.15) is 12.4 Å². The van der Waals surface area contributed by atoms with E-state index < -0.39 is 24.0 Å². The van der Waals surface area contributed by atoms with Crippen LogP contribution in [0.15, 0.2) is 9.59 Å². The predicted molar refractivity (Wildman–Crippen MR) is 89.9 cm³/mol. The summed E-state index contributed by atoms with van der Waals surface area (Å²) in [5.74, 6) is 0.234. The van der Waals surface area contributed by atoms with Gasteiger partial charge in [-0.05, 0) is 20.8 Å². The minimum absolute atomic E-state index is 0.0862. The zero-order chi connectivity index (χ0) is 18.2. The molecule has 134 valence electrons. The number of rotatable bonds is 5. The van der Waals surface area contributed by atoms with E-state index in [9.17, 15) is 19.8 Å². The van der Waals surface area contributed by atoms with E-state index in [1.165, 1.54) is 23.2 Å². The smallest absolute Gasteiger partial charge is 0.332 e. The molecule has 0 aliphatic rings. The summed E-state index contributed by atoms with van der Waals surface area (Å²) in [5.41, 5.74) is -0.757. The number of nitrogens with zero attached hydrogens (tertiary/aromatic N) is 4. The highest BCUT2D eigenvalue weighted by molar-refractivity contribution is 5.71. The quantitative estimate of drug-likeness (QED) is 0.622. The summed E-state index contributed by atoms with van der Waals surface area (Å²) in [4.78, 5) is 28.6. The predicted octanol–water partition coefficient (Wildman–Crippen LogP) is -1.32. The van der Waals surface area contributed by atoms with Gasteiger partial charge in [0, 0.05) is 26.2 Å². The highest BCUT2D eigenvalue weighted by Gasteiger charge is 2.21. The van der Waals surface area contributed by atoms with E-state index in [4.69, 9.17) is 0 Å². The Hall–Kier alpha value is -1.97. The van der Waals surface area contributed by atoms with Crippen LogP contribution < -0.4 is 16.6 Å². The molecular formula is C15H25N5O4. The van der Waals surface area contributed by atoms with Gasteiger partial charge in [0.25, 0.3) is 5.56 Å². The van der Waals surface area contributed by atoms with Crippen molar-refractivity contribution in [1.82, 2.24) is 24.0 Å². The number of β-amino-alcohol motifs (C(OH)–C–C–N with tert-alkyl or cyclic N) is 1. The van der Waals surface area contributed by atoms with Crippen molar-refractivity contribution in [2.75, 3.05) is 6.54 Å². The van der Waals surface area contributed by atoms with Crippen molar-refractivity contribution in [3.63, 3.8) is 0 Å². The van der Waals surface area contributed by atoms with Gasteiger partial charge in [-0.15, -0.1) is 0 Å². The number of aromatic nitrogens is 4. The molecule has 2 heterocycles. The molecule has 0 amide bonds. The molecule has 0 aromatic carbocycles. The van der Waals surface area contributed by atoms with Crippen LogP contribution in [0.3, 0.4) is 0 Å². The molecular weight excluding hydrogens is 314 g/mol. The van der Waals surface area contributed by atoms with Crippen LogP contribution in [0.1, 0.15) is 26.6 Å². The summed E-state index contributed by atoms with van der Waals surface area (Å²) >= 11 is 0. The van der Waals surface area contributed by atoms with Gasteiger partial charge in [-0.1, -0.05) is 0 Å². The van der Waals surface area contributed by atoms with E-state index in [0.717, 1.165) is 4.57 Å². The summed E-state index contributed by atoms with van der Waals surface area (Å²) < 4.78 is 3.72. The van der Waals surface area contributed by atoms with Gasteiger partial charge in [0.15, 0.2) is 11.2 Å². The lowest BCUT2D eigenvalue weighted by Crippen LogP contribution is -2.42. The minimum atomic E-state index is -0.783. The van der Waals surface area contributed by atoms with Crippen LogP contribution in [-0.4, -0.2) is 47.1 Å². The highest BCUT2D eigenvalue weighted by Crippen LogP contribution is 2.12. The Balaban J connectivity index is 2.50. The van der Waals surface area contributed by atoms with Gasteiger partial charge in [-0.3, -0.25) is 13.9 Å². The third kappa shape index (κ3) is 3.42. The molecule has 0 aliphatic heterocycles. The largest absolute Gasteiger partial charge is 0.390 e. The fourth-order valence-corrected chi connectivity index (χ4v) is 2.51. The third-order valence-electron chi connectivity index (χ3n) is 3.83. The molecule has 0 saturated carbocycles.